The number of carbonyl (C=O) groups excluding carboxylic acids is 1. The highest BCUT2D eigenvalue weighted by Gasteiger charge is 2.26. The zero-order valence-corrected chi connectivity index (χ0v) is 10.4. The summed E-state index contributed by atoms with van der Waals surface area (Å²) in [4.78, 5) is 11.4. The molecule has 1 aromatic rings. The van der Waals surface area contributed by atoms with Crippen molar-refractivity contribution in [3.05, 3.63) is 21.7 Å². The molecule has 0 aromatic heterocycles. The average molecular weight is 270 g/mol. The first kappa shape index (κ1) is 10.5. The van der Waals surface area contributed by atoms with Crippen LogP contribution in [0, 0.1) is 13.8 Å². The van der Waals surface area contributed by atoms with E-state index in [0.29, 0.717) is 0 Å². The van der Waals surface area contributed by atoms with E-state index >= 15 is 0 Å². The third-order valence-corrected chi connectivity index (χ3v) is 3.52. The normalized spacial score (nSPS) is 19.2. The fourth-order valence-electron chi connectivity index (χ4n) is 1.56. The monoisotopic (exact) mass is 269 g/mol. The molecule has 1 N–H and O–H groups in total. The Bertz CT molecular complexity index is 443. The van der Waals surface area contributed by atoms with Crippen LogP contribution in [0.15, 0.2) is 10.5 Å². The van der Waals surface area contributed by atoms with Crippen molar-refractivity contribution >= 4 is 27.5 Å². The fourth-order valence-corrected chi connectivity index (χ4v) is 2.09. The summed E-state index contributed by atoms with van der Waals surface area (Å²) in [7, 11) is 0. The van der Waals surface area contributed by atoms with Crippen molar-refractivity contribution in [3.8, 4) is 5.75 Å². The number of rotatable bonds is 0. The van der Waals surface area contributed by atoms with E-state index in [9.17, 15) is 4.79 Å². The van der Waals surface area contributed by atoms with Gasteiger partial charge in [0.1, 0.15) is 5.75 Å². The van der Waals surface area contributed by atoms with E-state index < -0.39 is 6.10 Å². The van der Waals surface area contributed by atoms with Crippen LogP contribution in [0.2, 0.25) is 0 Å². The number of halogens is 1. The summed E-state index contributed by atoms with van der Waals surface area (Å²) in [6.45, 7) is 5.75. The summed E-state index contributed by atoms with van der Waals surface area (Å²) in [6, 6.07) is 1.88. The van der Waals surface area contributed by atoms with Gasteiger partial charge in [-0.3, -0.25) is 4.79 Å². The summed E-state index contributed by atoms with van der Waals surface area (Å²) in [5, 5.41) is 2.82. The SMILES string of the molecule is Cc1c(Br)cc2c(c1C)OC(C)C(=O)N2. The summed E-state index contributed by atoms with van der Waals surface area (Å²) in [6.07, 6.45) is -0.420. The lowest BCUT2D eigenvalue weighted by Gasteiger charge is -2.26. The Kier molecular flexibility index (Phi) is 2.46. The molecule has 3 nitrogen and oxygen atoms in total. The fraction of sp³-hybridized carbons (Fsp3) is 0.364. The number of carbonyl (C=O) groups is 1. The van der Waals surface area contributed by atoms with Gasteiger partial charge in [-0.15, -0.1) is 0 Å². The number of nitrogens with one attached hydrogen (secondary N) is 1. The predicted octanol–water partition coefficient (Wildman–Crippen LogP) is 2.79. The third kappa shape index (κ3) is 1.63. The first-order valence-corrected chi connectivity index (χ1v) is 5.57. The lowest BCUT2D eigenvalue weighted by Crippen LogP contribution is -2.34. The highest BCUT2D eigenvalue weighted by Crippen LogP contribution is 2.38. The number of hydrogen-bond acceptors (Lipinski definition) is 2. The lowest BCUT2D eigenvalue weighted by atomic mass is 10.1. The molecule has 0 fully saturated rings. The van der Waals surface area contributed by atoms with Crippen LogP contribution >= 0.6 is 15.9 Å². The van der Waals surface area contributed by atoms with Crippen molar-refractivity contribution in [1.29, 1.82) is 0 Å². The molecular weight excluding hydrogens is 258 g/mol. The van der Waals surface area contributed by atoms with E-state index in [4.69, 9.17) is 4.74 Å². The minimum Gasteiger partial charge on any atom is -0.478 e. The summed E-state index contributed by atoms with van der Waals surface area (Å²) in [5.41, 5.74) is 2.94. The van der Waals surface area contributed by atoms with E-state index in [-0.39, 0.29) is 5.91 Å². The number of benzene rings is 1. The zero-order chi connectivity index (χ0) is 11.2. The summed E-state index contributed by atoms with van der Waals surface area (Å²) < 4.78 is 6.56. The van der Waals surface area contributed by atoms with Gasteiger partial charge >= 0.3 is 0 Å². The molecule has 1 aliphatic rings. The second kappa shape index (κ2) is 3.52. The number of fused-ring (bicyclic) bond motifs is 1. The molecule has 2 rings (SSSR count). The van der Waals surface area contributed by atoms with E-state index in [0.717, 1.165) is 27.0 Å². The molecule has 0 aliphatic carbocycles. The van der Waals surface area contributed by atoms with Crippen molar-refractivity contribution in [2.45, 2.75) is 26.9 Å². The Morgan fingerprint density at radius 3 is 2.73 bits per heavy atom. The number of ether oxygens (including phenoxy) is 1. The van der Waals surface area contributed by atoms with Gasteiger partial charge in [-0.2, -0.15) is 0 Å². The molecule has 4 heteroatoms. The minimum absolute atomic E-state index is 0.0994. The van der Waals surface area contributed by atoms with Crippen LogP contribution in [0.3, 0.4) is 0 Å². The van der Waals surface area contributed by atoms with E-state index in [2.05, 4.69) is 21.2 Å². The van der Waals surface area contributed by atoms with Crippen molar-refractivity contribution in [1.82, 2.24) is 0 Å². The quantitative estimate of drug-likeness (QED) is 0.787. The van der Waals surface area contributed by atoms with Crippen molar-refractivity contribution in [2.24, 2.45) is 0 Å². The van der Waals surface area contributed by atoms with E-state index in [1.54, 1.807) is 6.92 Å². The molecule has 1 heterocycles. The van der Waals surface area contributed by atoms with Gasteiger partial charge in [0.05, 0.1) is 5.69 Å². The number of anilines is 1. The minimum atomic E-state index is -0.420. The Labute approximate surface area is 96.9 Å². The highest BCUT2D eigenvalue weighted by molar-refractivity contribution is 9.10. The maximum Gasteiger partial charge on any atom is 0.265 e. The van der Waals surface area contributed by atoms with Crippen molar-refractivity contribution < 1.29 is 9.53 Å². The predicted molar refractivity (Wildman–Crippen MR) is 62.3 cm³/mol. The van der Waals surface area contributed by atoms with Crippen LogP contribution in [-0.4, -0.2) is 12.0 Å². The van der Waals surface area contributed by atoms with Gasteiger partial charge in [-0.1, -0.05) is 15.9 Å². The van der Waals surface area contributed by atoms with Gasteiger partial charge in [0, 0.05) is 4.47 Å². The molecule has 0 spiro atoms. The number of hydrogen-bond donors (Lipinski definition) is 1. The van der Waals surface area contributed by atoms with Crippen LogP contribution in [0.5, 0.6) is 5.75 Å². The first-order chi connectivity index (χ1) is 7.00. The largest absolute Gasteiger partial charge is 0.478 e. The molecule has 1 amide bonds. The Balaban J connectivity index is 2.58. The van der Waals surface area contributed by atoms with Crippen LogP contribution in [0.1, 0.15) is 18.1 Å². The Morgan fingerprint density at radius 1 is 1.40 bits per heavy atom. The maximum atomic E-state index is 11.4. The average Bonchev–Trinajstić information content (AvgIpc) is 2.19. The number of amides is 1. The van der Waals surface area contributed by atoms with Gasteiger partial charge in [-0.25, -0.2) is 0 Å². The molecule has 0 saturated heterocycles. The van der Waals surface area contributed by atoms with E-state index in [1.165, 1.54) is 0 Å². The van der Waals surface area contributed by atoms with Gasteiger partial charge in [-0.05, 0) is 38.0 Å². The molecule has 15 heavy (non-hydrogen) atoms. The van der Waals surface area contributed by atoms with E-state index in [1.807, 2.05) is 19.9 Å². The Hall–Kier alpha value is -1.03. The smallest absolute Gasteiger partial charge is 0.265 e. The van der Waals surface area contributed by atoms with Crippen LogP contribution in [0.4, 0.5) is 5.69 Å². The summed E-state index contributed by atoms with van der Waals surface area (Å²) in [5.74, 6) is 0.681. The summed E-state index contributed by atoms with van der Waals surface area (Å²) >= 11 is 3.45. The molecule has 0 radical (unpaired) electrons. The maximum absolute atomic E-state index is 11.4. The molecule has 80 valence electrons. The lowest BCUT2D eigenvalue weighted by molar-refractivity contribution is -0.122. The molecule has 1 aromatic carbocycles. The van der Waals surface area contributed by atoms with Crippen molar-refractivity contribution in [2.75, 3.05) is 5.32 Å². The topological polar surface area (TPSA) is 38.3 Å². The van der Waals surface area contributed by atoms with Gasteiger partial charge in [0.2, 0.25) is 0 Å². The molecule has 1 unspecified atom stereocenters. The van der Waals surface area contributed by atoms with Crippen LogP contribution in [0.25, 0.3) is 0 Å². The first-order valence-electron chi connectivity index (χ1n) is 4.78. The van der Waals surface area contributed by atoms with Gasteiger partial charge in [0.25, 0.3) is 5.91 Å². The molecule has 1 atom stereocenters. The molecular formula is C11H12BrNO2. The molecule has 0 saturated carbocycles. The highest BCUT2D eigenvalue weighted by atomic mass is 79.9. The zero-order valence-electron chi connectivity index (χ0n) is 8.85. The van der Waals surface area contributed by atoms with Gasteiger partial charge in [0.15, 0.2) is 6.10 Å². The second-order valence-electron chi connectivity index (χ2n) is 3.73. The Morgan fingerprint density at radius 2 is 2.07 bits per heavy atom. The van der Waals surface area contributed by atoms with Crippen LogP contribution in [-0.2, 0) is 4.79 Å². The molecule has 1 aliphatic heterocycles. The molecule has 0 bridgehead atoms. The third-order valence-electron chi connectivity index (χ3n) is 2.70. The second-order valence-corrected chi connectivity index (χ2v) is 4.59. The van der Waals surface area contributed by atoms with Crippen molar-refractivity contribution in [3.63, 3.8) is 0 Å². The standard InChI is InChI=1S/C11H12BrNO2/c1-5-6(2)10-9(4-8(5)12)13-11(14)7(3)15-10/h4,7H,1-3H3,(H,13,14). The van der Waals surface area contributed by atoms with Crippen LogP contribution < -0.4 is 10.1 Å². The van der Waals surface area contributed by atoms with Gasteiger partial charge < -0.3 is 10.1 Å².